The molecule has 7 heteroatoms. The van der Waals surface area contributed by atoms with Gasteiger partial charge in [-0.1, -0.05) is 43.2 Å². The highest BCUT2D eigenvalue weighted by molar-refractivity contribution is 6.23. The number of hydrogen-bond acceptors (Lipinski definition) is 5. The van der Waals surface area contributed by atoms with Crippen LogP contribution in [0, 0.1) is 6.92 Å². The molecule has 186 valence electrons. The Hall–Kier alpha value is -4.26. The molecule has 1 saturated heterocycles. The van der Waals surface area contributed by atoms with Gasteiger partial charge in [0.05, 0.1) is 12.1 Å². The lowest BCUT2D eigenvalue weighted by atomic mass is 10.0. The van der Waals surface area contributed by atoms with Crippen molar-refractivity contribution in [2.45, 2.75) is 51.1 Å². The van der Waals surface area contributed by atoms with Crippen LogP contribution in [0.5, 0.6) is 0 Å². The first-order valence-electron chi connectivity index (χ1n) is 12.7. The third-order valence-electron chi connectivity index (χ3n) is 7.45. The van der Waals surface area contributed by atoms with Crippen LogP contribution in [0.15, 0.2) is 77.2 Å². The smallest absolute Gasteiger partial charge is 0.257 e. The van der Waals surface area contributed by atoms with Gasteiger partial charge in [0.25, 0.3) is 11.8 Å². The van der Waals surface area contributed by atoms with Crippen molar-refractivity contribution in [3.63, 3.8) is 0 Å². The molecule has 0 radical (unpaired) electrons. The Bertz CT molecular complexity index is 1470. The third kappa shape index (κ3) is 4.10. The van der Waals surface area contributed by atoms with Crippen molar-refractivity contribution in [2.24, 2.45) is 0 Å². The lowest BCUT2D eigenvalue weighted by Crippen LogP contribution is -2.50. The van der Waals surface area contributed by atoms with Crippen LogP contribution in [0.1, 0.15) is 48.0 Å². The van der Waals surface area contributed by atoms with Crippen molar-refractivity contribution in [3.05, 3.63) is 83.9 Å². The highest BCUT2D eigenvalue weighted by atomic mass is 16.3. The first kappa shape index (κ1) is 23.2. The van der Waals surface area contributed by atoms with Gasteiger partial charge in [-0.3, -0.25) is 14.4 Å². The molecule has 1 saturated carbocycles. The van der Waals surface area contributed by atoms with Gasteiger partial charge in [0.2, 0.25) is 11.8 Å². The van der Waals surface area contributed by atoms with Crippen molar-refractivity contribution >= 4 is 34.5 Å². The first-order valence-corrected chi connectivity index (χ1v) is 12.7. The Morgan fingerprint density at radius 3 is 2.38 bits per heavy atom. The van der Waals surface area contributed by atoms with E-state index in [1.165, 1.54) is 4.90 Å². The van der Waals surface area contributed by atoms with Crippen LogP contribution in [-0.2, 0) is 9.59 Å². The molecule has 1 atom stereocenters. The Kier molecular flexibility index (Phi) is 5.83. The number of para-hydroxylation sites is 2. The van der Waals surface area contributed by atoms with Crippen LogP contribution in [0.4, 0.5) is 5.69 Å². The van der Waals surface area contributed by atoms with E-state index in [1.807, 2.05) is 49.4 Å². The number of hydrogen-bond donors (Lipinski definition) is 0. The van der Waals surface area contributed by atoms with Crippen LogP contribution in [0.2, 0.25) is 0 Å². The molecule has 37 heavy (non-hydrogen) atoms. The minimum atomic E-state index is -0.806. The number of carbonyl (C=O) groups is 3. The number of imide groups is 1. The van der Waals surface area contributed by atoms with Gasteiger partial charge in [-0.2, -0.15) is 0 Å². The van der Waals surface area contributed by atoms with Crippen molar-refractivity contribution in [1.29, 1.82) is 0 Å². The second kappa shape index (κ2) is 9.32. The number of benzene rings is 3. The molecule has 0 spiro atoms. The van der Waals surface area contributed by atoms with E-state index in [1.54, 1.807) is 35.2 Å². The fourth-order valence-electron chi connectivity index (χ4n) is 5.55. The SMILES string of the molecule is Cc1ccccc1C(=O)N(C1CCCC1)C1CC(=O)N(c2ccc(-c3nc4ccccc4o3)cc2)C1=O. The molecule has 2 aliphatic rings. The summed E-state index contributed by atoms with van der Waals surface area (Å²) in [5.41, 5.74) is 4.12. The predicted molar refractivity (Wildman–Crippen MR) is 140 cm³/mol. The predicted octanol–water partition coefficient (Wildman–Crippen LogP) is 5.52. The molecular weight excluding hydrogens is 466 g/mol. The Balaban J connectivity index is 1.29. The summed E-state index contributed by atoms with van der Waals surface area (Å²) in [6, 6.07) is 21.1. The summed E-state index contributed by atoms with van der Waals surface area (Å²) in [5, 5.41) is 0. The molecule has 1 unspecified atom stereocenters. The van der Waals surface area contributed by atoms with Crippen molar-refractivity contribution < 1.29 is 18.8 Å². The average Bonchev–Trinajstić information content (AvgIpc) is 3.65. The molecule has 0 N–H and O–H groups in total. The van der Waals surface area contributed by atoms with E-state index >= 15 is 0 Å². The maximum atomic E-state index is 13.7. The lowest BCUT2D eigenvalue weighted by Gasteiger charge is -2.33. The van der Waals surface area contributed by atoms with E-state index in [2.05, 4.69) is 4.98 Å². The monoisotopic (exact) mass is 493 g/mol. The Morgan fingerprint density at radius 2 is 1.65 bits per heavy atom. The summed E-state index contributed by atoms with van der Waals surface area (Å²) in [4.78, 5) is 48.0. The summed E-state index contributed by atoms with van der Waals surface area (Å²) >= 11 is 0. The zero-order valence-corrected chi connectivity index (χ0v) is 20.6. The van der Waals surface area contributed by atoms with Gasteiger partial charge in [-0.25, -0.2) is 9.88 Å². The normalized spacial score (nSPS) is 18.2. The quantitative estimate of drug-likeness (QED) is 0.342. The van der Waals surface area contributed by atoms with E-state index in [9.17, 15) is 14.4 Å². The molecule has 1 aliphatic heterocycles. The zero-order valence-electron chi connectivity index (χ0n) is 20.6. The number of oxazole rings is 1. The number of fused-ring (bicyclic) bond motifs is 1. The molecule has 6 rings (SSSR count). The fraction of sp³-hybridized carbons (Fsp3) is 0.267. The minimum Gasteiger partial charge on any atom is -0.436 e. The highest BCUT2D eigenvalue weighted by Gasteiger charge is 2.47. The maximum absolute atomic E-state index is 13.7. The standard InChI is InChI=1S/C30H27N3O4/c1-19-8-2-5-11-23(19)29(35)32(21-9-3-4-10-21)25-18-27(34)33(30(25)36)22-16-14-20(15-17-22)28-31-24-12-6-7-13-26(24)37-28/h2,5-8,11-17,21,25H,3-4,9-10,18H2,1H3. The van der Waals surface area contributed by atoms with Gasteiger partial charge < -0.3 is 9.32 Å². The number of nitrogens with zero attached hydrogens (tertiary/aromatic N) is 3. The lowest BCUT2D eigenvalue weighted by molar-refractivity contribution is -0.123. The molecule has 0 bridgehead atoms. The summed E-state index contributed by atoms with van der Waals surface area (Å²) in [6.45, 7) is 1.90. The average molecular weight is 494 g/mol. The van der Waals surface area contributed by atoms with Crippen LogP contribution < -0.4 is 4.90 Å². The second-order valence-electron chi connectivity index (χ2n) is 9.79. The van der Waals surface area contributed by atoms with E-state index < -0.39 is 6.04 Å². The van der Waals surface area contributed by atoms with E-state index in [-0.39, 0.29) is 30.2 Å². The van der Waals surface area contributed by atoms with Crippen molar-refractivity contribution in [3.8, 4) is 11.5 Å². The van der Waals surface area contributed by atoms with E-state index in [0.717, 1.165) is 42.3 Å². The van der Waals surface area contributed by atoms with Crippen molar-refractivity contribution in [1.82, 2.24) is 9.88 Å². The van der Waals surface area contributed by atoms with Gasteiger partial charge in [0, 0.05) is 17.2 Å². The topological polar surface area (TPSA) is 83.7 Å². The molecule has 4 aromatic rings. The Labute approximate surface area is 214 Å². The number of anilines is 1. The number of aryl methyl sites for hydroxylation is 1. The van der Waals surface area contributed by atoms with Crippen LogP contribution >= 0.6 is 0 Å². The van der Waals surface area contributed by atoms with Crippen LogP contribution in [0.25, 0.3) is 22.6 Å². The second-order valence-corrected chi connectivity index (χ2v) is 9.79. The first-order chi connectivity index (χ1) is 18.0. The van der Waals surface area contributed by atoms with Gasteiger partial charge >= 0.3 is 0 Å². The molecule has 2 heterocycles. The van der Waals surface area contributed by atoms with Crippen molar-refractivity contribution in [2.75, 3.05) is 4.90 Å². The molecule has 3 amide bonds. The number of aromatic nitrogens is 1. The van der Waals surface area contributed by atoms with E-state index in [0.29, 0.717) is 22.7 Å². The zero-order chi connectivity index (χ0) is 25.5. The van der Waals surface area contributed by atoms with Gasteiger partial charge in [-0.05, 0) is 67.8 Å². The number of rotatable bonds is 5. The van der Waals surface area contributed by atoms with Crippen LogP contribution in [0.3, 0.4) is 0 Å². The molecule has 1 aromatic heterocycles. The third-order valence-corrected chi connectivity index (χ3v) is 7.45. The minimum absolute atomic E-state index is 0.0141. The molecule has 2 fully saturated rings. The largest absolute Gasteiger partial charge is 0.436 e. The summed E-state index contributed by atoms with van der Waals surface area (Å²) in [5.74, 6) is -0.358. The maximum Gasteiger partial charge on any atom is 0.257 e. The van der Waals surface area contributed by atoms with Gasteiger partial charge in [-0.15, -0.1) is 0 Å². The summed E-state index contributed by atoms with van der Waals surface area (Å²) < 4.78 is 5.84. The molecule has 1 aliphatic carbocycles. The van der Waals surface area contributed by atoms with Crippen LogP contribution in [-0.4, -0.2) is 39.7 Å². The molecular formula is C30H27N3O4. The Morgan fingerprint density at radius 1 is 0.946 bits per heavy atom. The summed E-state index contributed by atoms with van der Waals surface area (Å²) in [7, 11) is 0. The van der Waals surface area contributed by atoms with E-state index in [4.69, 9.17) is 4.42 Å². The summed E-state index contributed by atoms with van der Waals surface area (Å²) in [6.07, 6.45) is 3.69. The molecule has 7 nitrogen and oxygen atoms in total. The highest BCUT2D eigenvalue weighted by Crippen LogP contribution is 2.34. The number of amides is 3. The van der Waals surface area contributed by atoms with Gasteiger partial charge in [0.15, 0.2) is 5.58 Å². The fourth-order valence-corrected chi connectivity index (χ4v) is 5.55. The molecule has 3 aromatic carbocycles. The number of carbonyl (C=O) groups excluding carboxylic acids is 3. The van der Waals surface area contributed by atoms with Gasteiger partial charge in [0.1, 0.15) is 11.6 Å².